The molecule has 2 N–H and O–H groups in total. The molecule has 98 valence electrons. The van der Waals surface area contributed by atoms with E-state index in [1.54, 1.807) is 0 Å². The zero-order valence-electron chi connectivity index (χ0n) is 11.1. The van der Waals surface area contributed by atoms with E-state index in [0.29, 0.717) is 6.42 Å². The summed E-state index contributed by atoms with van der Waals surface area (Å²) < 4.78 is 0. The van der Waals surface area contributed by atoms with Crippen LogP contribution in [0, 0.1) is 5.92 Å². The van der Waals surface area contributed by atoms with Crippen LogP contribution < -0.4 is 5.73 Å². The lowest BCUT2D eigenvalue weighted by atomic mass is 9.80. The van der Waals surface area contributed by atoms with Gasteiger partial charge in [0.2, 0.25) is 5.91 Å². The van der Waals surface area contributed by atoms with E-state index in [1.807, 2.05) is 4.90 Å². The molecule has 2 fully saturated rings. The van der Waals surface area contributed by atoms with Gasteiger partial charge in [0.15, 0.2) is 0 Å². The van der Waals surface area contributed by atoms with Gasteiger partial charge in [-0.05, 0) is 38.5 Å². The molecule has 0 radical (unpaired) electrons. The molecule has 0 aliphatic heterocycles. The fourth-order valence-corrected chi connectivity index (χ4v) is 2.87. The molecule has 0 bridgehead atoms. The highest BCUT2D eigenvalue weighted by Gasteiger charge is 2.33. The minimum atomic E-state index is -0.202. The molecule has 3 heteroatoms. The van der Waals surface area contributed by atoms with Crippen LogP contribution in [0.4, 0.5) is 0 Å². The number of hydrogen-bond acceptors (Lipinski definition) is 2. The Hall–Kier alpha value is -0.570. The Labute approximate surface area is 105 Å². The summed E-state index contributed by atoms with van der Waals surface area (Å²) in [6.07, 6.45) is 8.89. The van der Waals surface area contributed by atoms with Gasteiger partial charge in [-0.2, -0.15) is 0 Å². The van der Waals surface area contributed by atoms with Gasteiger partial charge in [-0.1, -0.05) is 19.3 Å². The van der Waals surface area contributed by atoms with Crippen LogP contribution in [0.3, 0.4) is 0 Å². The Morgan fingerprint density at radius 2 is 1.94 bits per heavy atom. The van der Waals surface area contributed by atoms with Crippen LogP contribution in [-0.4, -0.2) is 29.4 Å². The largest absolute Gasteiger partial charge is 0.343 e. The second kappa shape index (κ2) is 5.38. The summed E-state index contributed by atoms with van der Waals surface area (Å²) in [7, 11) is 0. The first kappa shape index (κ1) is 12.9. The molecule has 2 saturated carbocycles. The average molecular weight is 238 g/mol. The van der Waals surface area contributed by atoms with Crippen LogP contribution in [-0.2, 0) is 4.79 Å². The van der Waals surface area contributed by atoms with E-state index in [2.05, 4.69) is 6.92 Å². The topological polar surface area (TPSA) is 46.3 Å². The highest BCUT2D eigenvalue weighted by molar-refractivity contribution is 5.77. The fraction of sp³-hybridized carbons (Fsp3) is 0.929. The van der Waals surface area contributed by atoms with Gasteiger partial charge in [-0.15, -0.1) is 0 Å². The van der Waals surface area contributed by atoms with Crippen molar-refractivity contribution in [3.63, 3.8) is 0 Å². The van der Waals surface area contributed by atoms with Gasteiger partial charge < -0.3 is 10.6 Å². The van der Waals surface area contributed by atoms with Crippen LogP contribution in [0.25, 0.3) is 0 Å². The zero-order valence-corrected chi connectivity index (χ0v) is 11.1. The molecule has 2 aliphatic rings. The number of hydrogen-bond donors (Lipinski definition) is 1. The number of amides is 1. The van der Waals surface area contributed by atoms with Gasteiger partial charge in [0.25, 0.3) is 0 Å². The van der Waals surface area contributed by atoms with Crippen molar-refractivity contribution >= 4 is 5.91 Å². The number of carbonyl (C=O) groups excluding carboxylic acids is 1. The van der Waals surface area contributed by atoms with E-state index in [-0.39, 0.29) is 11.4 Å². The van der Waals surface area contributed by atoms with Gasteiger partial charge in [-0.25, -0.2) is 0 Å². The number of carbonyl (C=O) groups is 1. The predicted octanol–water partition coefficient (Wildman–Crippen LogP) is 2.30. The molecule has 0 aromatic carbocycles. The molecule has 3 nitrogen and oxygen atoms in total. The fourth-order valence-electron chi connectivity index (χ4n) is 2.87. The SMILES string of the molecule is CCN(CC1CC1)C(=O)CC1(N)CCCCC1. The summed E-state index contributed by atoms with van der Waals surface area (Å²) in [5.41, 5.74) is 6.15. The van der Waals surface area contributed by atoms with Crippen LogP contribution in [0.1, 0.15) is 58.3 Å². The van der Waals surface area contributed by atoms with Gasteiger partial charge in [0, 0.05) is 25.0 Å². The minimum Gasteiger partial charge on any atom is -0.343 e. The highest BCUT2D eigenvalue weighted by atomic mass is 16.2. The first-order chi connectivity index (χ1) is 8.13. The Kier molecular flexibility index (Phi) is 4.08. The average Bonchev–Trinajstić information content (AvgIpc) is 3.09. The van der Waals surface area contributed by atoms with Crippen molar-refractivity contribution in [1.82, 2.24) is 4.90 Å². The van der Waals surface area contributed by atoms with E-state index >= 15 is 0 Å². The maximum absolute atomic E-state index is 12.3. The zero-order chi connectivity index (χ0) is 12.3. The second-order valence-corrected chi connectivity index (χ2v) is 5.98. The quantitative estimate of drug-likeness (QED) is 0.799. The van der Waals surface area contributed by atoms with Crippen molar-refractivity contribution in [2.24, 2.45) is 11.7 Å². The first-order valence-corrected chi connectivity index (χ1v) is 7.19. The summed E-state index contributed by atoms with van der Waals surface area (Å²) in [4.78, 5) is 14.3. The summed E-state index contributed by atoms with van der Waals surface area (Å²) in [5, 5.41) is 0. The third-order valence-electron chi connectivity index (χ3n) is 4.26. The molecule has 1 amide bonds. The van der Waals surface area contributed by atoms with E-state index in [4.69, 9.17) is 5.73 Å². The molecule has 2 aliphatic carbocycles. The number of rotatable bonds is 5. The lowest BCUT2D eigenvalue weighted by Crippen LogP contribution is -2.47. The third-order valence-corrected chi connectivity index (χ3v) is 4.26. The van der Waals surface area contributed by atoms with Crippen molar-refractivity contribution in [2.75, 3.05) is 13.1 Å². The summed E-state index contributed by atoms with van der Waals surface area (Å²) in [5.74, 6) is 1.06. The maximum atomic E-state index is 12.3. The van der Waals surface area contributed by atoms with Gasteiger partial charge in [-0.3, -0.25) is 4.79 Å². The molecule has 0 aromatic heterocycles. The van der Waals surface area contributed by atoms with Gasteiger partial charge in [0.05, 0.1) is 0 Å². The summed E-state index contributed by atoms with van der Waals surface area (Å²) in [6, 6.07) is 0. The van der Waals surface area contributed by atoms with Crippen LogP contribution in [0.15, 0.2) is 0 Å². The molecule has 0 aromatic rings. The molecule has 17 heavy (non-hydrogen) atoms. The molecule has 0 saturated heterocycles. The summed E-state index contributed by atoms with van der Waals surface area (Å²) in [6.45, 7) is 3.88. The Balaban J connectivity index is 1.84. The molecule has 0 heterocycles. The standard InChI is InChI=1S/C14H26N2O/c1-2-16(11-12-6-7-12)13(17)10-14(15)8-4-3-5-9-14/h12H,2-11,15H2,1H3. The predicted molar refractivity (Wildman–Crippen MR) is 69.6 cm³/mol. The first-order valence-electron chi connectivity index (χ1n) is 7.19. The van der Waals surface area contributed by atoms with Crippen LogP contribution in [0.5, 0.6) is 0 Å². The van der Waals surface area contributed by atoms with E-state index in [0.717, 1.165) is 31.8 Å². The Bertz CT molecular complexity index is 267. The smallest absolute Gasteiger partial charge is 0.224 e. The van der Waals surface area contributed by atoms with Crippen LogP contribution in [0.2, 0.25) is 0 Å². The van der Waals surface area contributed by atoms with Crippen molar-refractivity contribution in [2.45, 2.75) is 63.8 Å². The Morgan fingerprint density at radius 3 is 2.47 bits per heavy atom. The van der Waals surface area contributed by atoms with E-state index in [1.165, 1.54) is 32.1 Å². The normalized spacial score (nSPS) is 23.4. The number of nitrogens with two attached hydrogens (primary N) is 1. The third kappa shape index (κ3) is 3.70. The lowest BCUT2D eigenvalue weighted by molar-refractivity contribution is -0.132. The minimum absolute atomic E-state index is 0.202. The molecular formula is C14H26N2O. The number of nitrogens with zero attached hydrogens (tertiary/aromatic N) is 1. The highest BCUT2D eigenvalue weighted by Crippen LogP contribution is 2.32. The second-order valence-electron chi connectivity index (χ2n) is 5.98. The van der Waals surface area contributed by atoms with Gasteiger partial charge in [0.1, 0.15) is 0 Å². The van der Waals surface area contributed by atoms with Crippen molar-refractivity contribution in [1.29, 1.82) is 0 Å². The van der Waals surface area contributed by atoms with E-state index < -0.39 is 0 Å². The summed E-state index contributed by atoms with van der Waals surface area (Å²) >= 11 is 0. The van der Waals surface area contributed by atoms with E-state index in [9.17, 15) is 4.79 Å². The molecule has 0 spiro atoms. The molecule has 0 atom stereocenters. The molecular weight excluding hydrogens is 212 g/mol. The molecule has 2 rings (SSSR count). The molecule has 0 unspecified atom stereocenters. The van der Waals surface area contributed by atoms with Crippen LogP contribution >= 0.6 is 0 Å². The lowest BCUT2D eigenvalue weighted by Gasteiger charge is -2.34. The van der Waals surface area contributed by atoms with Crippen molar-refractivity contribution < 1.29 is 4.79 Å². The Morgan fingerprint density at radius 1 is 1.29 bits per heavy atom. The monoisotopic (exact) mass is 238 g/mol. The van der Waals surface area contributed by atoms with Crippen molar-refractivity contribution in [3.05, 3.63) is 0 Å². The maximum Gasteiger partial charge on any atom is 0.224 e. The van der Waals surface area contributed by atoms with Crippen molar-refractivity contribution in [3.8, 4) is 0 Å². The van der Waals surface area contributed by atoms with Gasteiger partial charge >= 0.3 is 0 Å².